The number of amides is 2. The normalized spacial score (nSPS) is 26.2. The van der Waals surface area contributed by atoms with E-state index < -0.39 is 11.5 Å². The Hall–Kier alpha value is -1.24. The van der Waals surface area contributed by atoms with E-state index in [0.717, 1.165) is 5.75 Å². The van der Waals surface area contributed by atoms with Gasteiger partial charge in [-0.1, -0.05) is 13.8 Å². The molecule has 2 rings (SSSR count). The number of rotatable bonds is 4. The molecule has 0 aromatic rings. The molecule has 0 aromatic heterocycles. The van der Waals surface area contributed by atoms with Crippen LogP contribution >= 0.6 is 11.8 Å². The molecule has 22 heavy (non-hydrogen) atoms. The van der Waals surface area contributed by atoms with E-state index in [1.165, 1.54) is 0 Å². The average molecular weight is 328 g/mol. The number of hydrogen-bond donors (Lipinski definition) is 2. The molecule has 1 unspecified atom stereocenters. The highest BCUT2D eigenvalue weighted by Crippen LogP contribution is 2.29. The van der Waals surface area contributed by atoms with Gasteiger partial charge in [-0.25, -0.2) is 4.79 Å². The minimum Gasteiger partial charge on any atom is -0.479 e. The molecule has 2 heterocycles. The Morgan fingerprint density at radius 1 is 1.27 bits per heavy atom. The monoisotopic (exact) mass is 328 g/mol. The molecule has 0 radical (unpaired) electrons. The van der Waals surface area contributed by atoms with E-state index in [-0.39, 0.29) is 23.7 Å². The number of carbonyl (C=O) groups excluding carboxylic acids is 2. The molecule has 0 aliphatic carbocycles. The maximum Gasteiger partial charge on any atom is 0.330 e. The van der Waals surface area contributed by atoms with Gasteiger partial charge in [-0.2, -0.15) is 11.8 Å². The van der Waals surface area contributed by atoms with Gasteiger partial charge in [0.25, 0.3) is 0 Å². The van der Waals surface area contributed by atoms with E-state index >= 15 is 0 Å². The maximum absolute atomic E-state index is 12.4. The quantitative estimate of drug-likeness (QED) is 0.803. The summed E-state index contributed by atoms with van der Waals surface area (Å²) in [5.41, 5.74) is -1.10. The molecular formula is C15H24N2O4S. The van der Waals surface area contributed by atoms with E-state index in [0.29, 0.717) is 38.1 Å². The molecular weight excluding hydrogens is 304 g/mol. The standard InChI is InChI=1S/C15H24N2O4S/c1-10(2)13(19)17-6-3-11(4-7-17)12(18)16-15(14(20)21)5-8-22-9-15/h10-11H,3-9H2,1-2H3,(H,16,18)(H,20,21). The summed E-state index contributed by atoms with van der Waals surface area (Å²) in [5, 5.41) is 12.2. The van der Waals surface area contributed by atoms with E-state index in [4.69, 9.17) is 0 Å². The molecule has 0 bridgehead atoms. The fourth-order valence-corrected chi connectivity index (χ4v) is 4.28. The van der Waals surface area contributed by atoms with Gasteiger partial charge in [-0.3, -0.25) is 9.59 Å². The second-order valence-electron chi connectivity index (χ2n) is 6.43. The molecule has 124 valence electrons. The first kappa shape index (κ1) is 17.1. The third-order valence-electron chi connectivity index (χ3n) is 4.46. The lowest BCUT2D eigenvalue weighted by Gasteiger charge is -2.34. The number of nitrogens with one attached hydrogen (secondary N) is 1. The molecule has 0 aromatic carbocycles. The minimum atomic E-state index is -1.10. The number of piperidine rings is 1. The van der Waals surface area contributed by atoms with E-state index in [1.807, 2.05) is 13.8 Å². The predicted octanol–water partition coefficient (Wildman–Crippen LogP) is 0.957. The zero-order valence-electron chi connectivity index (χ0n) is 13.1. The van der Waals surface area contributed by atoms with Crippen molar-refractivity contribution in [2.45, 2.75) is 38.6 Å². The number of hydrogen-bond acceptors (Lipinski definition) is 4. The van der Waals surface area contributed by atoms with Gasteiger partial charge in [0.2, 0.25) is 11.8 Å². The minimum absolute atomic E-state index is 0.0313. The van der Waals surface area contributed by atoms with E-state index in [2.05, 4.69) is 5.32 Å². The molecule has 1 atom stereocenters. The van der Waals surface area contributed by atoms with Crippen LogP contribution in [0.3, 0.4) is 0 Å². The predicted molar refractivity (Wildman–Crippen MR) is 84.6 cm³/mol. The van der Waals surface area contributed by atoms with Crippen LogP contribution < -0.4 is 5.32 Å². The lowest BCUT2D eigenvalue weighted by Crippen LogP contribution is -2.57. The molecule has 2 saturated heterocycles. The first-order chi connectivity index (χ1) is 10.4. The van der Waals surface area contributed by atoms with Gasteiger partial charge < -0.3 is 15.3 Å². The third-order valence-corrected chi connectivity index (χ3v) is 5.65. The van der Waals surface area contributed by atoms with E-state index in [9.17, 15) is 19.5 Å². The number of likely N-dealkylation sites (tertiary alicyclic amines) is 1. The first-order valence-electron chi connectivity index (χ1n) is 7.78. The fourth-order valence-electron chi connectivity index (χ4n) is 2.95. The van der Waals surface area contributed by atoms with Crippen molar-refractivity contribution in [1.29, 1.82) is 0 Å². The molecule has 7 heteroatoms. The van der Waals surface area contributed by atoms with Gasteiger partial charge in [0, 0.05) is 30.7 Å². The Balaban J connectivity index is 1.90. The van der Waals surface area contributed by atoms with Crippen LogP contribution in [0.1, 0.15) is 33.1 Å². The summed E-state index contributed by atoms with van der Waals surface area (Å²) in [6.07, 6.45) is 1.68. The number of carbonyl (C=O) groups is 3. The second-order valence-corrected chi connectivity index (χ2v) is 7.54. The summed E-state index contributed by atoms with van der Waals surface area (Å²) in [6.45, 7) is 4.89. The topological polar surface area (TPSA) is 86.7 Å². The molecule has 2 N–H and O–H groups in total. The van der Waals surface area contributed by atoms with Crippen LogP contribution in [0.25, 0.3) is 0 Å². The molecule has 2 aliphatic rings. The summed E-state index contributed by atoms with van der Waals surface area (Å²) in [6, 6.07) is 0. The van der Waals surface area contributed by atoms with Crippen molar-refractivity contribution in [3.63, 3.8) is 0 Å². The van der Waals surface area contributed by atoms with Gasteiger partial charge in [-0.15, -0.1) is 0 Å². The molecule has 2 aliphatic heterocycles. The number of aliphatic carboxylic acids is 1. The van der Waals surface area contributed by atoms with Gasteiger partial charge in [0.1, 0.15) is 5.54 Å². The Kier molecular flexibility index (Phi) is 5.36. The molecule has 2 fully saturated rings. The maximum atomic E-state index is 12.4. The van der Waals surface area contributed by atoms with Crippen LogP contribution in [0.5, 0.6) is 0 Å². The van der Waals surface area contributed by atoms with Crippen LogP contribution in [0, 0.1) is 11.8 Å². The van der Waals surface area contributed by atoms with Crippen molar-refractivity contribution in [2.24, 2.45) is 11.8 Å². The number of carboxylic acids is 1. The molecule has 2 amide bonds. The second kappa shape index (κ2) is 6.89. The SMILES string of the molecule is CC(C)C(=O)N1CCC(C(=O)NC2(C(=O)O)CCSC2)CC1. The van der Waals surface area contributed by atoms with Gasteiger partial charge in [-0.05, 0) is 25.0 Å². The van der Waals surface area contributed by atoms with Crippen LogP contribution in [0.2, 0.25) is 0 Å². The Bertz CT molecular complexity index is 452. The lowest BCUT2D eigenvalue weighted by atomic mass is 9.92. The zero-order chi connectivity index (χ0) is 16.3. The molecule has 0 saturated carbocycles. The molecule has 6 nitrogen and oxygen atoms in total. The van der Waals surface area contributed by atoms with Crippen LogP contribution in [0.15, 0.2) is 0 Å². The van der Waals surface area contributed by atoms with Crippen molar-refractivity contribution in [2.75, 3.05) is 24.6 Å². The van der Waals surface area contributed by atoms with E-state index in [1.54, 1.807) is 16.7 Å². The Morgan fingerprint density at radius 2 is 1.91 bits per heavy atom. The van der Waals surface area contributed by atoms with Crippen LogP contribution in [-0.4, -0.2) is 57.9 Å². The summed E-state index contributed by atoms with van der Waals surface area (Å²) >= 11 is 1.56. The highest BCUT2D eigenvalue weighted by Gasteiger charge is 2.44. The van der Waals surface area contributed by atoms with Crippen molar-refractivity contribution in [3.8, 4) is 0 Å². The first-order valence-corrected chi connectivity index (χ1v) is 8.93. The number of carboxylic acid groups (broad SMARTS) is 1. The smallest absolute Gasteiger partial charge is 0.330 e. The summed E-state index contributed by atoms with van der Waals surface area (Å²) in [5.74, 6) is -0.0470. The Morgan fingerprint density at radius 3 is 2.36 bits per heavy atom. The highest BCUT2D eigenvalue weighted by atomic mass is 32.2. The van der Waals surface area contributed by atoms with Crippen molar-refractivity contribution < 1.29 is 19.5 Å². The van der Waals surface area contributed by atoms with Gasteiger partial charge in [0.15, 0.2) is 0 Å². The third kappa shape index (κ3) is 3.56. The van der Waals surface area contributed by atoms with Crippen LogP contribution in [-0.2, 0) is 14.4 Å². The molecule has 0 spiro atoms. The average Bonchev–Trinajstić information content (AvgIpc) is 2.96. The Labute approximate surface area is 135 Å². The zero-order valence-corrected chi connectivity index (χ0v) is 13.9. The summed E-state index contributed by atoms with van der Waals surface area (Å²) in [4.78, 5) is 37.6. The van der Waals surface area contributed by atoms with Crippen molar-refractivity contribution in [1.82, 2.24) is 10.2 Å². The van der Waals surface area contributed by atoms with Crippen LogP contribution in [0.4, 0.5) is 0 Å². The largest absolute Gasteiger partial charge is 0.479 e. The van der Waals surface area contributed by atoms with Crippen molar-refractivity contribution >= 4 is 29.5 Å². The number of nitrogens with zero attached hydrogens (tertiary/aromatic N) is 1. The number of thioether (sulfide) groups is 1. The van der Waals surface area contributed by atoms with Crippen molar-refractivity contribution in [3.05, 3.63) is 0 Å². The summed E-state index contributed by atoms with van der Waals surface area (Å²) in [7, 11) is 0. The highest BCUT2D eigenvalue weighted by molar-refractivity contribution is 7.99. The fraction of sp³-hybridized carbons (Fsp3) is 0.800. The van der Waals surface area contributed by atoms with Gasteiger partial charge >= 0.3 is 5.97 Å². The van der Waals surface area contributed by atoms with Gasteiger partial charge in [0.05, 0.1) is 0 Å². The summed E-state index contributed by atoms with van der Waals surface area (Å²) < 4.78 is 0. The lowest BCUT2D eigenvalue weighted by molar-refractivity contribution is -0.147.